The van der Waals surface area contributed by atoms with Crippen molar-refractivity contribution in [3.8, 4) is 5.75 Å². The van der Waals surface area contributed by atoms with Gasteiger partial charge in [-0.05, 0) is 23.6 Å². The van der Waals surface area contributed by atoms with E-state index in [1.807, 2.05) is 17.5 Å². The molecule has 2 rings (SSSR count). The van der Waals surface area contributed by atoms with Gasteiger partial charge in [-0.3, -0.25) is 0 Å². The van der Waals surface area contributed by atoms with E-state index in [9.17, 15) is 5.11 Å². The van der Waals surface area contributed by atoms with E-state index in [1.165, 1.54) is 0 Å². The van der Waals surface area contributed by atoms with Crippen molar-refractivity contribution < 1.29 is 5.11 Å². The van der Waals surface area contributed by atoms with Crippen LogP contribution in [0, 0.1) is 6.07 Å². The summed E-state index contributed by atoms with van der Waals surface area (Å²) in [6.45, 7) is 0. The molecule has 0 amide bonds. The molecule has 0 fully saturated rings. The van der Waals surface area contributed by atoms with Crippen LogP contribution in [0.25, 0.3) is 10.1 Å². The first-order valence-corrected chi connectivity index (χ1v) is 3.83. The van der Waals surface area contributed by atoms with Gasteiger partial charge in [0, 0.05) is 16.2 Å². The van der Waals surface area contributed by atoms with Gasteiger partial charge in [0.2, 0.25) is 0 Å². The number of hydrogen-bond acceptors (Lipinski definition) is 2. The molecule has 1 radical (unpaired) electrons. The number of phenolic OH excluding ortho intramolecular Hbond substituents is 1. The van der Waals surface area contributed by atoms with Gasteiger partial charge in [-0.15, -0.1) is 11.3 Å². The van der Waals surface area contributed by atoms with Gasteiger partial charge in [0.1, 0.15) is 5.75 Å². The highest BCUT2D eigenvalue weighted by Crippen LogP contribution is 2.27. The lowest BCUT2D eigenvalue weighted by molar-refractivity contribution is 0.480. The molecular formula is C8H5OS. The molecule has 0 aliphatic heterocycles. The fourth-order valence-electron chi connectivity index (χ4n) is 0.920. The van der Waals surface area contributed by atoms with Gasteiger partial charge in [-0.1, -0.05) is 0 Å². The summed E-state index contributed by atoms with van der Waals surface area (Å²) in [6.07, 6.45) is 0. The van der Waals surface area contributed by atoms with E-state index in [0.29, 0.717) is 0 Å². The van der Waals surface area contributed by atoms with Crippen LogP contribution in [0.15, 0.2) is 23.6 Å². The summed E-state index contributed by atoms with van der Waals surface area (Å²) in [5.41, 5.74) is 0. The van der Waals surface area contributed by atoms with E-state index in [2.05, 4.69) is 6.07 Å². The third kappa shape index (κ3) is 0.693. The SMILES string of the molecule is Oc1[c]ccc2sccc12. The molecule has 49 valence electrons. The van der Waals surface area contributed by atoms with Gasteiger partial charge in [0.25, 0.3) is 0 Å². The predicted octanol–water partition coefficient (Wildman–Crippen LogP) is 2.41. The molecule has 0 saturated carbocycles. The zero-order valence-corrected chi connectivity index (χ0v) is 5.98. The molecule has 0 aliphatic carbocycles. The fourth-order valence-corrected chi connectivity index (χ4v) is 1.71. The Morgan fingerprint density at radius 3 is 3.10 bits per heavy atom. The molecule has 2 aromatic rings. The maximum Gasteiger partial charge on any atom is 0.132 e. The van der Waals surface area contributed by atoms with Gasteiger partial charge in [-0.25, -0.2) is 0 Å². The third-order valence-electron chi connectivity index (χ3n) is 1.41. The minimum atomic E-state index is 0.249. The zero-order chi connectivity index (χ0) is 6.97. The van der Waals surface area contributed by atoms with Gasteiger partial charge in [0.15, 0.2) is 0 Å². The molecule has 10 heavy (non-hydrogen) atoms. The summed E-state index contributed by atoms with van der Waals surface area (Å²) in [5.74, 6) is 0.249. The predicted molar refractivity (Wildman–Crippen MR) is 42.3 cm³/mol. The second-order valence-electron chi connectivity index (χ2n) is 2.02. The first kappa shape index (κ1) is 5.74. The van der Waals surface area contributed by atoms with Crippen molar-refractivity contribution in [2.75, 3.05) is 0 Å². The number of benzene rings is 1. The first-order chi connectivity index (χ1) is 4.88. The van der Waals surface area contributed by atoms with Crippen LogP contribution in [-0.4, -0.2) is 5.11 Å². The van der Waals surface area contributed by atoms with Gasteiger partial charge in [-0.2, -0.15) is 0 Å². The quantitative estimate of drug-likeness (QED) is 0.609. The van der Waals surface area contributed by atoms with Crippen molar-refractivity contribution >= 4 is 21.4 Å². The number of hydrogen-bond donors (Lipinski definition) is 1. The van der Waals surface area contributed by atoms with Crippen molar-refractivity contribution in [2.45, 2.75) is 0 Å². The van der Waals surface area contributed by atoms with E-state index < -0.39 is 0 Å². The normalized spacial score (nSPS) is 10.4. The Bertz CT molecular complexity index is 351. The first-order valence-electron chi connectivity index (χ1n) is 2.95. The van der Waals surface area contributed by atoms with Gasteiger partial charge >= 0.3 is 0 Å². The standard InChI is InChI=1S/C8H5OS/c9-7-2-1-3-8-6(7)4-5-10-8/h1,3-5,9H. The number of phenols is 1. The largest absolute Gasteiger partial charge is 0.507 e. The summed E-state index contributed by atoms with van der Waals surface area (Å²) >= 11 is 1.62. The van der Waals surface area contributed by atoms with Crippen molar-refractivity contribution in [1.29, 1.82) is 0 Å². The lowest BCUT2D eigenvalue weighted by Crippen LogP contribution is -1.63. The molecular weight excluding hydrogens is 144 g/mol. The average Bonchev–Trinajstić information content (AvgIpc) is 2.36. The maximum absolute atomic E-state index is 9.21. The van der Waals surface area contributed by atoms with E-state index in [1.54, 1.807) is 17.4 Å². The van der Waals surface area contributed by atoms with E-state index in [-0.39, 0.29) is 5.75 Å². The molecule has 2 heteroatoms. The molecule has 1 heterocycles. The van der Waals surface area contributed by atoms with Crippen LogP contribution in [-0.2, 0) is 0 Å². The Morgan fingerprint density at radius 1 is 1.40 bits per heavy atom. The Labute approximate surface area is 62.5 Å². The van der Waals surface area contributed by atoms with E-state index in [0.717, 1.165) is 10.1 Å². The highest BCUT2D eigenvalue weighted by Gasteiger charge is 1.97. The van der Waals surface area contributed by atoms with Gasteiger partial charge < -0.3 is 5.11 Å². The minimum absolute atomic E-state index is 0.249. The summed E-state index contributed by atoms with van der Waals surface area (Å²) in [7, 11) is 0. The van der Waals surface area contributed by atoms with E-state index in [4.69, 9.17) is 0 Å². The topological polar surface area (TPSA) is 20.2 Å². The monoisotopic (exact) mass is 149 g/mol. The number of thiophene rings is 1. The highest BCUT2D eigenvalue weighted by molar-refractivity contribution is 7.17. The lowest BCUT2D eigenvalue weighted by atomic mass is 10.2. The maximum atomic E-state index is 9.21. The lowest BCUT2D eigenvalue weighted by Gasteiger charge is -1.90. The van der Waals surface area contributed by atoms with Crippen LogP contribution < -0.4 is 0 Å². The van der Waals surface area contributed by atoms with Gasteiger partial charge in [0.05, 0.1) is 0 Å². The van der Waals surface area contributed by atoms with Crippen LogP contribution in [0.5, 0.6) is 5.75 Å². The Hall–Kier alpha value is -1.02. The van der Waals surface area contributed by atoms with Crippen molar-refractivity contribution in [1.82, 2.24) is 0 Å². The summed E-state index contributed by atoms with van der Waals surface area (Å²) in [6, 6.07) is 8.29. The highest BCUT2D eigenvalue weighted by atomic mass is 32.1. The molecule has 1 nitrogen and oxygen atoms in total. The molecule has 1 aromatic heterocycles. The molecule has 0 bridgehead atoms. The smallest absolute Gasteiger partial charge is 0.132 e. The third-order valence-corrected chi connectivity index (χ3v) is 2.29. The Kier molecular flexibility index (Phi) is 1.14. The average molecular weight is 149 g/mol. The molecule has 0 atom stereocenters. The molecule has 1 aromatic carbocycles. The van der Waals surface area contributed by atoms with E-state index >= 15 is 0 Å². The second-order valence-corrected chi connectivity index (χ2v) is 2.97. The summed E-state index contributed by atoms with van der Waals surface area (Å²) in [5, 5.41) is 12.1. The van der Waals surface area contributed by atoms with Crippen LogP contribution in [0.1, 0.15) is 0 Å². The van der Waals surface area contributed by atoms with Crippen LogP contribution >= 0.6 is 11.3 Å². The fraction of sp³-hybridized carbons (Fsp3) is 0. The minimum Gasteiger partial charge on any atom is -0.507 e. The summed E-state index contributed by atoms with van der Waals surface area (Å²) in [4.78, 5) is 0. The zero-order valence-electron chi connectivity index (χ0n) is 5.16. The van der Waals surface area contributed by atoms with Crippen LogP contribution in [0.2, 0.25) is 0 Å². The van der Waals surface area contributed by atoms with Crippen molar-refractivity contribution in [2.24, 2.45) is 0 Å². The second kappa shape index (κ2) is 1.99. The Balaban J connectivity index is 2.95. The number of rotatable bonds is 0. The molecule has 0 saturated heterocycles. The Morgan fingerprint density at radius 2 is 2.30 bits per heavy atom. The number of fused-ring (bicyclic) bond motifs is 1. The van der Waals surface area contributed by atoms with Crippen LogP contribution in [0.3, 0.4) is 0 Å². The van der Waals surface area contributed by atoms with Crippen molar-refractivity contribution in [3.05, 3.63) is 29.6 Å². The molecule has 0 spiro atoms. The molecule has 0 unspecified atom stereocenters. The molecule has 1 N–H and O–H groups in total. The molecule has 0 aliphatic rings. The number of aromatic hydroxyl groups is 1. The van der Waals surface area contributed by atoms with Crippen molar-refractivity contribution in [3.63, 3.8) is 0 Å². The summed E-state index contributed by atoms with van der Waals surface area (Å²) < 4.78 is 1.11. The van der Waals surface area contributed by atoms with Crippen LogP contribution in [0.4, 0.5) is 0 Å².